The van der Waals surface area contributed by atoms with Gasteiger partial charge < -0.3 is 45.9 Å². The molecule has 26 heteroatoms. The monoisotopic (exact) mass is 1520 g/mol. The molecule has 12 atom stereocenters. The molecule has 103 heavy (non-hydrogen) atoms. The number of hydrogen-bond donors (Lipinski definition) is 1. The number of fused-ring (bicyclic) bond motifs is 2. The molecular formula is C77H131F3N2O17Si4. The van der Waals surface area contributed by atoms with Gasteiger partial charge in [0, 0.05) is 29.7 Å². The van der Waals surface area contributed by atoms with Gasteiger partial charge in [-0.2, -0.15) is 23.7 Å². The van der Waals surface area contributed by atoms with Gasteiger partial charge in [-0.3, -0.25) is 33.6 Å². The van der Waals surface area contributed by atoms with E-state index in [1.807, 2.05) is 69.2 Å². The number of nitrogens with zero attached hydrogens (tertiary/aromatic N) is 2. The minimum absolute atomic E-state index is 0.0766. The Morgan fingerprint density at radius 3 is 1.18 bits per heavy atom. The van der Waals surface area contributed by atoms with E-state index in [1.165, 1.54) is 17.5 Å². The quantitative estimate of drug-likeness (QED) is 0.0412. The van der Waals surface area contributed by atoms with Crippen molar-refractivity contribution in [2.75, 3.05) is 6.61 Å². The normalized spacial score (nSPS) is 24.7. The van der Waals surface area contributed by atoms with Gasteiger partial charge in [0.25, 0.3) is 0 Å². The summed E-state index contributed by atoms with van der Waals surface area (Å²) >= 11 is 0. The number of halogens is 3. The summed E-state index contributed by atoms with van der Waals surface area (Å²) in [5.41, 5.74) is -1.70. The van der Waals surface area contributed by atoms with Crippen LogP contribution in [0.15, 0.2) is 24.3 Å². The molecule has 2 saturated heterocycles. The molecule has 1 aromatic carbocycles. The largest absolute Gasteiger partial charge is 0.481 e. The van der Waals surface area contributed by atoms with Gasteiger partial charge >= 0.3 is 56.8 Å². The summed E-state index contributed by atoms with van der Waals surface area (Å²) in [4.78, 5) is 82.0. The van der Waals surface area contributed by atoms with Crippen molar-refractivity contribution in [2.45, 2.75) is 329 Å². The molecule has 0 aromatic heterocycles. The minimum atomic E-state index is -4.49. The topological polar surface area (TPSA) is 270 Å². The van der Waals surface area contributed by atoms with Gasteiger partial charge in [0.15, 0.2) is 41.9 Å². The molecule has 1 aromatic rings. The van der Waals surface area contributed by atoms with Crippen molar-refractivity contribution in [3.8, 4) is 12.1 Å². The maximum Gasteiger partial charge on any atom is 0.469 e. The van der Waals surface area contributed by atoms with Gasteiger partial charge in [-0.15, -0.1) is 0 Å². The van der Waals surface area contributed by atoms with Crippen molar-refractivity contribution in [3.63, 3.8) is 0 Å². The van der Waals surface area contributed by atoms with Gasteiger partial charge in [0.1, 0.15) is 24.4 Å². The minimum Gasteiger partial charge on any atom is -0.481 e. The lowest BCUT2D eigenvalue weighted by atomic mass is 9.74. The fourth-order valence-corrected chi connectivity index (χ4v) is 26.7. The van der Waals surface area contributed by atoms with Crippen LogP contribution in [-0.2, 0) is 79.7 Å². The fourth-order valence-electron chi connectivity index (χ4n) is 12.1. The SMILES string of the molecule is CCC(C)(C)C(=O)O.CCC(C)(C)C(=O)OC(C)C(F)(F)F.CCC(C)(C)C(=O)OC1C2CC3C1OC(=O)C3(C#N)C2.CCC(C)(C)C(=O)OC1C2CC3C1OC(=O)C3(C#N)C2.CCC(C)(C)C(=O)OCCC[Si](O[Si](C)(C)C)(O[Si](C)(C)C)O[Si](C)(C)C.CCC(C)c1ccc(C(C)(C)C)cc1. The first-order valence-corrected chi connectivity index (χ1v) is 49.3. The molecule has 4 bridgehead atoms. The molecule has 2 aliphatic heterocycles. The Morgan fingerprint density at radius 1 is 0.563 bits per heavy atom. The molecule has 0 amide bonds. The average Bonchev–Trinajstić information content (AvgIpc) is 1.55. The Hall–Kier alpha value is -4.97. The number of carboxylic acids is 1. The van der Waals surface area contributed by atoms with Crippen LogP contribution in [0.3, 0.4) is 0 Å². The number of aliphatic carboxylic acids is 1. The van der Waals surface area contributed by atoms with E-state index in [9.17, 15) is 57.3 Å². The lowest BCUT2D eigenvalue weighted by molar-refractivity contribution is -0.221. The van der Waals surface area contributed by atoms with Gasteiger partial charge in [-0.1, -0.05) is 93.5 Å². The maximum atomic E-state index is 12.2. The van der Waals surface area contributed by atoms with Gasteiger partial charge in [0.2, 0.25) is 0 Å². The molecule has 0 spiro atoms. The van der Waals surface area contributed by atoms with Crippen LogP contribution in [0.2, 0.25) is 65.0 Å². The predicted octanol–water partition coefficient (Wildman–Crippen LogP) is 18.4. The molecule has 4 saturated carbocycles. The number of carboxylic acid groups (broad SMARTS) is 1. The molecule has 7 rings (SSSR count). The van der Waals surface area contributed by atoms with E-state index in [1.54, 1.807) is 34.6 Å². The maximum absolute atomic E-state index is 12.2. The van der Waals surface area contributed by atoms with Crippen molar-refractivity contribution >= 4 is 75.5 Å². The molecule has 12 unspecified atom stereocenters. The number of rotatable bonds is 25. The van der Waals surface area contributed by atoms with E-state index in [4.69, 9.17) is 41.1 Å². The second-order valence-corrected chi connectivity index (χ2v) is 53.1. The highest BCUT2D eigenvalue weighted by molar-refractivity contribution is 6.90. The Labute approximate surface area is 620 Å². The molecule has 588 valence electrons. The number of esters is 6. The van der Waals surface area contributed by atoms with Crippen LogP contribution in [0.5, 0.6) is 0 Å². The van der Waals surface area contributed by atoms with Crippen molar-refractivity contribution in [1.29, 1.82) is 10.5 Å². The van der Waals surface area contributed by atoms with E-state index in [-0.39, 0.29) is 59.2 Å². The number of benzene rings is 1. The summed E-state index contributed by atoms with van der Waals surface area (Å²) < 4.78 is 87.8. The molecule has 19 nitrogen and oxygen atoms in total. The third-order valence-electron chi connectivity index (χ3n) is 21.2. The molecule has 0 radical (unpaired) electrons. The van der Waals surface area contributed by atoms with Crippen LogP contribution < -0.4 is 0 Å². The van der Waals surface area contributed by atoms with Crippen molar-refractivity contribution in [2.24, 2.45) is 61.6 Å². The van der Waals surface area contributed by atoms with Gasteiger partial charge in [-0.25, -0.2) is 0 Å². The van der Waals surface area contributed by atoms with Crippen molar-refractivity contribution < 1.29 is 92.6 Å². The highest BCUT2D eigenvalue weighted by atomic mass is 28.5. The molecule has 6 fully saturated rings. The van der Waals surface area contributed by atoms with Crippen molar-refractivity contribution in [3.05, 3.63) is 35.4 Å². The highest BCUT2D eigenvalue weighted by Crippen LogP contribution is 2.63. The highest BCUT2D eigenvalue weighted by Gasteiger charge is 2.74. The van der Waals surface area contributed by atoms with Crippen LogP contribution in [0, 0.1) is 84.2 Å². The van der Waals surface area contributed by atoms with E-state index >= 15 is 0 Å². The number of ether oxygens (including phenoxy) is 6. The Morgan fingerprint density at radius 2 is 0.903 bits per heavy atom. The molecule has 2 heterocycles. The van der Waals surface area contributed by atoms with E-state index < -0.39 is 120 Å². The number of alkyl halides is 3. The van der Waals surface area contributed by atoms with Crippen LogP contribution in [0.25, 0.3) is 0 Å². The zero-order valence-corrected chi connectivity index (χ0v) is 72.3. The summed E-state index contributed by atoms with van der Waals surface area (Å²) in [6.45, 7) is 59.4. The predicted molar refractivity (Wildman–Crippen MR) is 401 cm³/mol. The van der Waals surface area contributed by atoms with E-state index in [0.29, 0.717) is 63.5 Å². The van der Waals surface area contributed by atoms with Crippen molar-refractivity contribution in [1.82, 2.24) is 0 Å². The van der Waals surface area contributed by atoms with Crippen LogP contribution in [-0.4, -0.2) is 124 Å². The fraction of sp³-hybridized carbons (Fsp3) is 0.805. The first-order chi connectivity index (χ1) is 46.6. The molecule has 4 aliphatic carbocycles. The summed E-state index contributed by atoms with van der Waals surface area (Å²) in [6, 6.07) is 14.1. The standard InChI is InChI=1S/C18H44O5Si4.2C15H19NO4.C14H22.C9H15F3O2.C6H12O2/c1-13-18(2,3)17(19)20-15-14-16-27(21-24(4,5)6,22-25(7,8)9)23-26(10,11)12;2*1-4-14(2,3)12(17)19-10-8-5-9-11(10)20-13(18)15(9,6-8)7-16;1-6-11(2)12-7-9-13(10-8-12)14(3,4)5;1-5-8(3,4)7(13)14-6(2)9(10,11)12;1-4-6(2,3)5(7)8/h13-16H2,1-12H3;2*8-11H,4-6H2,1-3H3;7-11H,6H2,1-5H3;6H,5H2,1-4H3;4H2,1-3H3,(H,7,8). The summed E-state index contributed by atoms with van der Waals surface area (Å²) in [6.07, 6.45) is -0.484. The zero-order valence-electron chi connectivity index (χ0n) is 68.3. The number of carbonyl (C=O) groups is 7. The zero-order chi connectivity index (χ0) is 80.3. The van der Waals surface area contributed by atoms with Crippen LogP contribution in [0.4, 0.5) is 13.2 Å². The van der Waals surface area contributed by atoms with Crippen LogP contribution >= 0.6 is 0 Å². The summed E-state index contributed by atoms with van der Waals surface area (Å²) in [5, 5.41) is 27.1. The number of hydrogen-bond acceptors (Lipinski definition) is 18. The lowest BCUT2D eigenvalue weighted by Crippen LogP contribution is -2.60. The lowest BCUT2D eigenvalue weighted by Gasteiger charge is -2.42. The van der Waals surface area contributed by atoms with Gasteiger partial charge in [0.05, 0.1) is 45.8 Å². The smallest absolute Gasteiger partial charge is 0.469 e. The van der Waals surface area contributed by atoms with E-state index in [0.717, 1.165) is 26.2 Å². The second kappa shape index (κ2) is 35.8. The van der Waals surface area contributed by atoms with Crippen LogP contribution in [0.1, 0.15) is 233 Å². The van der Waals surface area contributed by atoms with Gasteiger partial charge in [-0.05, 0) is 228 Å². The first-order valence-electron chi connectivity index (χ1n) is 37.1. The number of carbonyl (C=O) groups excluding carboxylic acids is 6. The third-order valence-corrected chi connectivity index (χ3v) is 33.2. The third kappa shape index (κ3) is 25.3. The summed E-state index contributed by atoms with van der Waals surface area (Å²) in [5.74, 6) is -2.39. The number of nitriles is 2. The summed E-state index contributed by atoms with van der Waals surface area (Å²) in [7, 11) is -8.42. The average molecular weight is 1530 g/mol. The molecule has 1 N–H and O–H groups in total. The Bertz CT molecular complexity index is 3000. The molecule has 6 aliphatic rings. The Kier molecular flexibility index (Phi) is 32.7. The Balaban J connectivity index is 0.000000433. The van der Waals surface area contributed by atoms with E-state index in [2.05, 4.69) is 135 Å². The first kappa shape index (κ1) is 94.1. The second-order valence-electron chi connectivity index (χ2n) is 36.1. The molecular weight excluding hydrogens is 1390 g/mol.